The highest BCUT2D eigenvalue weighted by molar-refractivity contribution is 5.42. The van der Waals surface area contributed by atoms with Crippen molar-refractivity contribution < 1.29 is 0 Å². The van der Waals surface area contributed by atoms with Crippen LogP contribution < -0.4 is 4.90 Å². The van der Waals surface area contributed by atoms with E-state index in [9.17, 15) is 0 Å². The van der Waals surface area contributed by atoms with Crippen molar-refractivity contribution in [1.82, 2.24) is 4.98 Å². The third-order valence-electron chi connectivity index (χ3n) is 1.63. The Morgan fingerprint density at radius 2 is 2.60 bits per heavy atom. The Morgan fingerprint density at radius 3 is 3.20 bits per heavy atom. The molecule has 0 fully saturated rings. The van der Waals surface area contributed by atoms with Gasteiger partial charge in [0, 0.05) is 25.0 Å². The molecule has 0 atom stereocenters. The molecule has 1 aromatic rings. The second-order valence-corrected chi connectivity index (χ2v) is 2.34. The summed E-state index contributed by atoms with van der Waals surface area (Å²) in [5.41, 5.74) is 0. The van der Waals surface area contributed by atoms with Gasteiger partial charge in [0.15, 0.2) is 0 Å². The lowest BCUT2D eigenvalue weighted by Gasteiger charge is -2.11. The van der Waals surface area contributed by atoms with E-state index >= 15 is 0 Å². The quantitative estimate of drug-likeness (QED) is 0.615. The summed E-state index contributed by atoms with van der Waals surface area (Å²) in [6.07, 6.45) is 7.28. The molecular formula is C8H9N2. The molecule has 0 aliphatic carbocycles. The number of nitrogens with one attached hydrogen (secondary N) is 1. The molecule has 0 amide bonds. The number of rotatable bonds is 1. The van der Waals surface area contributed by atoms with Gasteiger partial charge in [0.1, 0.15) is 5.82 Å². The molecule has 0 bridgehead atoms. The van der Waals surface area contributed by atoms with Crippen molar-refractivity contribution in [1.29, 1.82) is 0 Å². The lowest BCUT2D eigenvalue weighted by atomic mass is 10.5. The van der Waals surface area contributed by atoms with Crippen LogP contribution >= 0.6 is 0 Å². The molecule has 2 heterocycles. The van der Waals surface area contributed by atoms with Crippen molar-refractivity contribution in [2.24, 2.45) is 0 Å². The fourth-order valence-corrected chi connectivity index (χ4v) is 1.12. The van der Waals surface area contributed by atoms with Crippen molar-refractivity contribution in [3.05, 3.63) is 30.6 Å². The highest BCUT2D eigenvalue weighted by Crippen LogP contribution is 2.14. The Kier molecular flexibility index (Phi) is 1.24. The molecule has 0 unspecified atom stereocenters. The molecule has 2 nitrogen and oxygen atoms in total. The molecule has 0 saturated heterocycles. The minimum atomic E-state index is 1.06. The first-order valence-electron chi connectivity index (χ1n) is 3.45. The first-order valence-corrected chi connectivity index (χ1v) is 3.45. The predicted molar refractivity (Wildman–Crippen MR) is 40.7 cm³/mol. The smallest absolute Gasteiger partial charge is 0.118 e. The highest BCUT2D eigenvalue weighted by atomic mass is 15.2. The molecule has 0 saturated carbocycles. The third kappa shape index (κ3) is 0.817. The largest absolute Gasteiger partial charge is 0.348 e. The van der Waals surface area contributed by atoms with Gasteiger partial charge in [-0.25, -0.2) is 0 Å². The van der Waals surface area contributed by atoms with Crippen molar-refractivity contribution in [2.45, 2.75) is 6.42 Å². The third-order valence-corrected chi connectivity index (χ3v) is 1.63. The molecule has 2 rings (SSSR count). The molecule has 1 radical (unpaired) electrons. The van der Waals surface area contributed by atoms with Crippen LogP contribution in [0.25, 0.3) is 0 Å². The van der Waals surface area contributed by atoms with Gasteiger partial charge in [0.25, 0.3) is 0 Å². The van der Waals surface area contributed by atoms with Crippen LogP contribution in [0.5, 0.6) is 0 Å². The SMILES string of the molecule is [c]1cc[nH]c1N1C=CCC1. The average molecular weight is 133 g/mol. The summed E-state index contributed by atoms with van der Waals surface area (Å²) in [5, 5.41) is 0. The van der Waals surface area contributed by atoms with Gasteiger partial charge in [-0.15, -0.1) is 0 Å². The number of nitrogens with zero attached hydrogens (tertiary/aromatic N) is 1. The zero-order valence-electron chi connectivity index (χ0n) is 5.67. The summed E-state index contributed by atoms with van der Waals surface area (Å²) in [7, 11) is 0. The van der Waals surface area contributed by atoms with Crippen LogP contribution in [0.15, 0.2) is 24.5 Å². The summed E-state index contributed by atoms with van der Waals surface area (Å²) in [6, 6.07) is 4.99. The Labute approximate surface area is 60.2 Å². The zero-order chi connectivity index (χ0) is 6.81. The van der Waals surface area contributed by atoms with Gasteiger partial charge in [0.05, 0.1) is 0 Å². The van der Waals surface area contributed by atoms with Gasteiger partial charge in [0.2, 0.25) is 0 Å². The molecule has 1 aromatic heterocycles. The van der Waals surface area contributed by atoms with E-state index in [4.69, 9.17) is 0 Å². The summed E-state index contributed by atoms with van der Waals surface area (Å²) in [4.78, 5) is 5.25. The number of aromatic nitrogens is 1. The van der Waals surface area contributed by atoms with E-state index in [-0.39, 0.29) is 0 Å². The fraction of sp³-hybridized carbons (Fsp3) is 0.250. The van der Waals surface area contributed by atoms with Crippen LogP contribution in [-0.2, 0) is 0 Å². The van der Waals surface area contributed by atoms with Crippen LogP contribution in [0.1, 0.15) is 6.42 Å². The van der Waals surface area contributed by atoms with Crippen LogP contribution in [0.4, 0.5) is 5.82 Å². The lowest BCUT2D eigenvalue weighted by molar-refractivity contribution is 0.979. The van der Waals surface area contributed by atoms with Crippen molar-refractivity contribution in [3.8, 4) is 0 Å². The first kappa shape index (κ1) is 5.59. The van der Waals surface area contributed by atoms with E-state index in [1.807, 2.05) is 12.3 Å². The van der Waals surface area contributed by atoms with Crippen LogP contribution in [0, 0.1) is 6.07 Å². The minimum Gasteiger partial charge on any atom is -0.348 e. The predicted octanol–water partition coefficient (Wildman–Crippen LogP) is 1.54. The molecule has 10 heavy (non-hydrogen) atoms. The van der Waals surface area contributed by atoms with E-state index < -0.39 is 0 Å². The molecule has 1 aliphatic rings. The first-order chi connectivity index (χ1) is 4.97. The van der Waals surface area contributed by atoms with Gasteiger partial charge in [-0.1, -0.05) is 6.08 Å². The standard InChI is InChI=1S/C8H9N2/c1-2-7-10(6-1)8-4-3-5-9-8/h1,3,5-6,9H,2,7H2. The Morgan fingerprint density at radius 1 is 1.60 bits per heavy atom. The number of aromatic amines is 1. The Hall–Kier alpha value is -1.18. The van der Waals surface area contributed by atoms with Gasteiger partial charge in [-0.3, -0.25) is 0 Å². The van der Waals surface area contributed by atoms with E-state index in [1.54, 1.807) is 0 Å². The molecule has 2 heteroatoms. The van der Waals surface area contributed by atoms with Crippen LogP contribution in [0.3, 0.4) is 0 Å². The minimum absolute atomic E-state index is 1.06. The maximum atomic E-state index is 3.10. The van der Waals surface area contributed by atoms with E-state index in [1.165, 1.54) is 0 Å². The summed E-state index contributed by atoms with van der Waals surface area (Å²) < 4.78 is 0. The monoisotopic (exact) mass is 133 g/mol. The van der Waals surface area contributed by atoms with E-state index in [0.29, 0.717) is 0 Å². The van der Waals surface area contributed by atoms with Gasteiger partial charge < -0.3 is 9.88 Å². The summed E-state index contributed by atoms with van der Waals surface area (Å²) in [6.45, 7) is 1.08. The topological polar surface area (TPSA) is 19.0 Å². The molecule has 1 N–H and O–H groups in total. The van der Waals surface area contributed by atoms with E-state index in [0.717, 1.165) is 18.8 Å². The second-order valence-electron chi connectivity index (χ2n) is 2.34. The summed E-state index contributed by atoms with van der Waals surface area (Å²) in [5.74, 6) is 1.06. The normalized spacial score (nSPS) is 16.6. The van der Waals surface area contributed by atoms with E-state index in [2.05, 4.69) is 28.2 Å². The highest BCUT2D eigenvalue weighted by Gasteiger charge is 2.05. The molecular weight excluding hydrogens is 124 g/mol. The second kappa shape index (κ2) is 2.21. The van der Waals surface area contributed by atoms with Gasteiger partial charge in [-0.2, -0.15) is 0 Å². The molecule has 1 aliphatic heterocycles. The van der Waals surface area contributed by atoms with Crippen molar-refractivity contribution in [3.63, 3.8) is 0 Å². The van der Waals surface area contributed by atoms with Gasteiger partial charge in [-0.05, 0) is 12.5 Å². The maximum Gasteiger partial charge on any atom is 0.118 e. The number of hydrogen-bond acceptors (Lipinski definition) is 1. The van der Waals surface area contributed by atoms with Gasteiger partial charge >= 0.3 is 0 Å². The van der Waals surface area contributed by atoms with Crippen molar-refractivity contribution >= 4 is 5.82 Å². The number of hydrogen-bond donors (Lipinski definition) is 1. The Balaban J connectivity index is 2.20. The molecule has 0 spiro atoms. The summed E-state index contributed by atoms with van der Waals surface area (Å²) >= 11 is 0. The van der Waals surface area contributed by atoms with Crippen molar-refractivity contribution in [2.75, 3.05) is 11.4 Å². The van der Waals surface area contributed by atoms with Crippen LogP contribution in [0.2, 0.25) is 0 Å². The number of anilines is 1. The number of H-pyrrole nitrogens is 1. The van der Waals surface area contributed by atoms with Crippen LogP contribution in [-0.4, -0.2) is 11.5 Å². The fourth-order valence-electron chi connectivity index (χ4n) is 1.12. The molecule has 51 valence electrons. The zero-order valence-corrected chi connectivity index (χ0v) is 5.67. The lowest BCUT2D eigenvalue weighted by Crippen LogP contribution is -2.12. The average Bonchev–Trinajstić information content (AvgIpc) is 2.59. The Bertz CT molecular complexity index is 223. The maximum absolute atomic E-state index is 3.10. The molecule has 0 aromatic carbocycles.